The first-order valence-electron chi connectivity index (χ1n) is 9.26. The van der Waals surface area contributed by atoms with Crippen molar-refractivity contribution in [3.63, 3.8) is 0 Å². The number of imide groups is 1. The fraction of sp³-hybridized carbons (Fsp3) is 0.273. The highest BCUT2D eigenvalue weighted by Gasteiger charge is 2.42. The summed E-state index contributed by atoms with van der Waals surface area (Å²) in [5.41, 5.74) is 2.70. The maximum Gasteiger partial charge on any atom is 0.251 e. The molecule has 144 valence electrons. The van der Waals surface area contributed by atoms with Crippen molar-refractivity contribution >= 4 is 23.1 Å². The number of carbonyl (C=O) groups is 2. The fourth-order valence-corrected chi connectivity index (χ4v) is 3.80. The lowest BCUT2D eigenvalue weighted by Gasteiger charge is -2.30. The zero-order chi connectivity index (χ0) is 19.7. The van der Waals surface area contributed by atoms with Crippen molar-refractivity contribution in [1.29, 1.82) is 0 Å². The number of ether oxygens (including phenoxy) is 1. The maximum absolute atomic E-state index is 13.1. The minimum atomic E-state index is -0.444. The largest absolute Gasteiger partial charge is 0.497 e. The number of halogens is 1. The van der Waals surface area contributed by atoms with Gasteiger partial charge in [0.2, 0.25) is 5.91 Å². The van der Waals surface area contributed by atoms with E-state index in [4.69, 9.17) is 4.74 Å². The van der Waals surface area contributed by atoms with Crippen LogP contribution in [-0.2, 0) is 9.59 Å². The van der Waals surface area contributed by atoms with Crippen LogP contribution < -0.4 is 9.64 Å². The van der Waals surface area contributed by atoms with E-state index < -0.39 is 6.04 Å². The summed E-state index contributed by atoms with van der Waals surface area (Å²) in [6, 6.07) is 12.9. The van der Waals surface area contributed by atoms with Crippen molar-refractivity contribution in [3.05, 3.63) is 66.0 Å². The van der Waals surface area contributed by atoms with E-state index in [0.717, 1.165) is 17.6 Å². The fourth-order valence-electron chi connectivity index (χ4n) is 3.80. The Kier molecular flexibility index (Phi) is 4.96. The Morgan fingerprint density at radius 1 is 1.04 bits per heavy atom. The molecule has 2 aromatic carbocycles. The third-order valence-electron chi connectivity index (χ3n) is 5.35. The first-order valence-corrected chi connectivity index (χ1v) is 9.26. The molecule has 1 atom stereocenters. The van der Waals surface area contributed by atoms with E-state index >= 15 is 0 Å². The molecule has 0 N–H and O–H groups in total. The SMILES string of the molecule is COc1ccc(N2C(=O)C[C@@H](N3CC=C(c4ccc(F)cc4)CC3)C2=O)cc1. The third kappa shape index (κ3) is 3.43. The summed E-state index contributed by atoms with van der Waals surface area (Å²) < 4.78 is 18.2. The van der Waals surface area contributed by atoms with E-state index in [2.05, 4.69) is 6.08 Å². The molecular formula is C22H21FN2O3. The van der Waals surface area contributed by atoms with Crippen molar-refractivity contribution in [2.75, 3.05) is 25.1 Å². The van der Waals surface area contributed by atoms with Crippen LogP contribution in [-0.4, -0.2) is 43.0 Å². The second-order valence-corrected chi connectivity index (χ2v) is 6.97. The molecule has 4 rings (SSSR count). The molecule has 2 heterocycles. The number of hydrogen-bond acceptors (Lipinski definition) is 4. The summed E-state index contributed by atoms with van der Waals surface area (Å²) in [7, 11) is 1.57. The van der Waals surface area contributed by atoms with Gasteiger partial charge in [-0.25, -0.2) is 9.29 Å². The van der Waals surface area contributed by atoms with Gasteiger partial charge in [0.05, 0.1) is 25.3 Å². The van der Waals surface area contributed by atoms with Gasteiger partial charge in [0.15, 0.2) is 0 Å². The van der Waals surface area contributed by atoms with Crippen LogP contribution >= 0.6 is 0 Å². The highest BCUT2D eigenvalue weighted by molar-refractivity contribution is 6.22. The molecule has 0 bridgehead atoms. The van der Waals surface area contributed by atoms with Crippen LogP contribution in [0, 0.1) is 5.82 Å². The number of nitrogens with zero attached hydrogens (tertiary/aromatic N) is 2. The van der Waals surface area contributed by atoms with Crippen LogP contribution in [0.25, 0.3) is 5.57 Å². The molecule has 2 aliphatic rings. The Bertz CT molecular complexity index is 922. The van der Waals surface area contributed by atoms with Crippen molar-refractivity contribution in [3.8, 4) is 5.75 Å². The minimum Gasteiger partial charge on any atom is -0.497 e. The van der Waals surface area contributed by atoms with E-state index in [0.29, 0.717) is 24.5 Å². The second-order valence-electron chi connectivity index (χ2n) is 6.97. The first-order chi connectivity index (χ1) is 13.6. The average Bonchev–Trinajstić information content (AvgIpc) is 3.03. The summed E-state index contributed by atoms with van der Waals surface area (Å²) in [6.07, 6.45) is 3.00. The van der Waals surface area contributed by atoms with E-state index in [1.807, 2.05) is 4.90 Å². The van der Waals surface area contributed by atoms with Crippen LogP contribution in [0.4, 0.5) is 10.1 Å². The van der Waals surface area contributed by atoms with Gasteiger partial charge in [-0.15, -0.1) is 0 Å². The summed E-state index contributed by atoms with van der Waals surface area (Å²) in [5, 5.41) is 0. The van der Waals surface area contributed by atoms with Crippen LogP contribution in [0.3, 0.4) is 0 Å². The minimum absolute atomic E-state index is 0.185. The first kappa shape index (κ1) is 18.4. The van der Waals surface area contributed by atoms with Gasteiger partial charge in [-0.1, -0.05) is 18.2 Å². The van der Waals surface area contributed by atoms with Crippen molar-refractivity contribution in [1.82, 2.24) is 4.90 Å². The van der Waals surface area contributed by atoms with Gasteiger partial charge in [-0.05, 0) is 54.0 Å². The number of methoxy groups -OCH3 is 1. The van der Waals surface area contributed by atoms with Gasteiger partial charge in [-0.2, -0.15) is 0 Å². The monoisotopic (exact) mass is 380 g/mol. The molecule has 6 heteroatoms. The van der Waals surface area contributed by atoms with Crippen molar-refractivity contribution in [2.45, 2.75) is 18.9 Å². The second kappa shape index (κ2) is 7.56. The predicted molar refractivity (Wildman–Crippen MR) is 104 cm³/mol. The maximum atomic E-state index is 13.1. The highest BCUT2D eigenvalue weighted by Crippen LogP contribution is 2.30. The van der Waals surface area contributed by atoms with E-state index in [-0.39, 0.29) is 24.1 Å². The molecule has 2 aliphatic heterocycles. The van der Waals surface area contributed by atoms with Gasteiger partial charge in [0.25, 0.3) is 5.91 Å². The normalized spacial score (nSPS) is 20.4. The Morgan fingerprint density at radius 3 is 2.36 bits per heavy atom. The molecular weight excluding hydrogens is 359 g/mol. The van der Waals surface area contributed by atoms with E-state index in [1.54, 1.807) is 43.5 Å². The van der Waals surface area contributed by atoms with Crippen molar-refractivity contribution < 1.29 is 18.7 Å². The Morgan fingerprint density at radius 2 is 1.75 bits per heavy atom. The predicted octanol–water partition coefficient (Wildman–Crippen LogP) is 3.26. The Balaban J connectivity index is 1.47. The van der Waals surface area contributed by atoms with Crippen LogP contribution in [0.5, 0.6) is 5.75 Å². The van der Waals surface area contributed by atoms with Crippen LogP contribution in [0.1, 0.15) is 18.4 Å². The van der Waals surface area contributed by atoms with Crippen LogP contribution in [0.2, 0.25) is 0 Å². The Labute approximate surface area is 163 Å². The summed E-state index contributed by atoms with van der Waals surface area (Å²) in [4.78, 5) is 28.7. The standard InChI is InChI=1S/C22H21FN2O3/c1-28-19-8-6-18(7-9-19)25-21(26)14-20(22(25)27)24-12-10-16(11-13-24)15-2-4-17(23)5-3-15/h2-10,20H,11-14H2,1H3/t20-/m1/s1. The lowest BCUT2D eigenvalue weighted by molar-refractivity contribution is -0.122. The molecule has 0 aliphatic carbocycles. The lowest BCUT2D eigenvalue weighted by Crippen LogP contribution is -2.44. The van der Waals surface area contributed by atoms with Gasteiger partial charge < -0.3 is 4.74 Å². The Hall–Kier alpha value is -2.99. The molecule has 5 nitrogen and oxygen atoms in total. The van der Waals surface area contributed by atoms with E-state index in [9.17, 15) is 14.0 Å². The number of hydrogen-bond donors (Lipinski definition) is 0. The summed E-state index contributed by atoms with van der Waals surface area (Å²) >= 11 is 0. The number of carbonyl (C=O) groups excluding carboxylic acids is 2. The molecule has 2 amide bonds. The number of anilines is 1. The van der Waals surface area contributed by atoms with Gasteiger partial charge in [-0.3, -0.25) is 14.5 Å². The smallest absolute Gasteiger partial charge is 0.251 e. The molecule has 28 heavy (non-hydrogen) atoms. The van der Waals surface area contributed by atoms with E-state index in [1.165, 1.54) is 17.0 Å². The molecule has 0 saturated carbocycles. The summed E-state index contributed by atoms with van der Waals surface area (Å²) in [6.45, 7) is 1.27. The third-order valence-corrected chi connectivity index (χ3v) is 5.35. The molecule has 0 unspecified atom stereocenters. The van der Waals surface area contributed by atoms with Crippen LogP contribution in [0.15, 0.2) is 54.6 Å². The quantitative estimate of drug-likeness (QED) is 0.764. The molecule has 0 radical (unpaired) electrons. The lowest BCUT2D eigenvalue weighted by atomic mass is 9.98. The molecule has 0 spiro atoms. The molecule has 1 fully saturated rings. The average molecular weight is 380 g/mol. The molecule has 1 saturated heterocycles. The molecule has 0 aromatic heterocycles. The van der Waals surface area contributed by atoms with Gasteiger partial charge in [0, 0.05) is 13.1 Å². The zero-order valence-electron chi connectivity index (χ0n) is 15.6. The number of benzene rings is 2. The zero-order valence-corrected chi connectivity index (χ0v) is 15.6. The van der Waals surface area contributed by atoms with Gasteiger partial charge in [0.1, 0.15) is 11.6 Å². The molecule has 2 aromatic rings. The number of amides is 2. The summed E-state index contributed by atoms with van der Waals surface area (Å²) in [5.74, 6) is 0.0478. The topological polar surface area (TPSA) is 49.9 Å². The van der Waals surface area contributed by atoms with Crippen molar-refractivity contribution in [2.24, 2.45) is 0 Å². The van der Waals surface area contributed by atoms with Gasteiger partial charge >= 0.3 is 0 Å². The number of rotatable bonds is 4. The highest BCUT2D eigenvalue weighted by atomic mass is 19.1.